The van der Waals surface area contributed by atoms with Gasteiger partial charge in [0.15, 0.2) is 17.6 Å². The molecule has 0 radical (unpaired) electrons. The molecule has 10 heteroatoms. The van der Waals surface area contributed by atoms with Crippen molar-refractivity contribution in [2.24, 2.45) is 5.41 Å². The zero-order valence-electron chi connectivity index (χ0n) is 22.1. The third kappa shape index (κ3) is 5.25. The lowest BCUT2D eigenvalue weighted by molar-refractivity contribution is -0.141. The van der Waals surface area contributed by atoms with E-state index in [0.717, 1.165) is 30.0 Å². The van der Waals surface area contributed by atoms with Gasteiger partial charge in [-0.3, -0.25) is 4.79 Å². The number of aliphatic hydroxyl groups excluding tert-OH is 3. The zero-order chi connectivity index (χ0) is 27.0. The van der Waals surface area contributed by atoms with Gasteiger partial charge in [0.1, 0.15) is 17.7 Å². The number of carbonyl (C=O) groups excluding carboxylic acids is 1. The highest BCUT2D eigenvalue weighted by Gasteiger charge is 2.49. The molecule has 1 aromatic heterocycles. The minimum atomic E-state index is -1.47. The van der Waals surface area contributed by atoms with Gasteiger partial charge in [-0.2, -0.15) is 0 Å². The van der Waals surface area contributed by atoms with Crippen LogP contribution in [0.25, 0.3) is 0 Å². The summed E-state index contributed by atoms with van der Waals surface area (Å²) in [5.41, 5.74) is 0.257. The second kappa shape index (κ2) is 10.6. The van der Waals surface area contributed by atoms with Crippen molar-refractivity contribution in [1.82, 2.24) is 9.88 Å². The van der Waals surface area contributed by atoms with Crippen LogP contribution in [0.4, 0.5) is 5.82 Å². The van der Waals surface area contributed by atoms with Gasteiger partial charge in [-0.15, -0.1) is 0 Å². The van der Waals surface area contributed by atoms with Gasteiger partial charge < -0.3 is 39.3 Å². The number of benzene rings is 1. The van der Waals surface area contributed by atoms with Crippen LogP contribution in [0.1, 0.15) is 38.2 Å². The predicted molar refractivity (Wildman–Crippen MR) is 140 cm³/mol. The van der Waals surface area contributed by atoms with Crippen molar-refractivity contribution in [3.63, 3.8) is 0 Å². The maximum absolute atomic E-state index is 12.6. The molecule has 0 spiro atoms. The molecule has 38 heavy (non-hydrogen) atoms. The van der Waals surface area contributed by atoms with E-state index >= 15 is 0 Å². The van der Waals surface area contributed by atoms with E-state index in [1.165, 1.54) is 4.90 Å². The Hall–Kier alpha value is -3.08. The first kappa shape index (κ1) is 26.5. The monoisotopic (exact) mass is 527 g/mol. The summed E-state index contributed by atoms with van der Waals surface area (Å²) in [5, 5.41) is 29.8. The van der Waals surface area contributed by atoms with Crippen LogP contribution in [0.3, 0.4) is 0 Å². The summed E-state index contributed by atoms with van der Waals surface area (Å²) in [7, 11) is 1.59. The summed E-state index contributed by atoms with van der Waals surface area (Å²) < 4.78 is 17.7. The standard InChI is InChI=1S/C28H37N3O7/c1-17(33)28(2)16-31(27(35)23(34)15-32)14-22(28)18-4-8-24(36-3)25(10-18)38-21-12-30(13-21)26-9-7-20(11-29-26)37-19-5-6-19/h4,7-11,17,19,21-23,32-34H,5-6,12-16H2,1-3H3/t17-,22+,23+,28+/m1/s1. The van der Waals surface area contributed by atoms with Crippen molar-refractivity contribution in [3.8, 4) is 17.2 Å². The van der Waals surface area contributed by atoms with Crippen molar-refractivity contribution >= 4 is 11.7 Å². The normalized spacial score (nSPS) is 25.1. The molecular weight excluding hydrogens is 490 g/mol. The molecule has 0 bridgehead atoms. The topological polar surface area (TPSA) is 125 Å². The van der Waals surface area contributed by atoms with E-state index in [-0.39, 0.29) is 18.6 Å². The van der Waals surface area contributed by atoms with Gasteiger partial charge in [0.25, 0.3) is 5.91 Å². The highest BCUT2D eigenvalue weighted by molar-refractivity contribution is 5.81. The molecular formula is C28H37N3O7. The smallest absolute Gasteiger partial charge is 0.253 e. The van der Waals surface area contributed by atoms with Crippen LogP contribution in [0, 0.1) is 5.41 Å². The number of amides is 1. The van der Waals surface area contributed by atoms with Crippen LogP contribution in [-0.2, 0) is 4.79 Å². The molecule has 10 nitrogen and oxygen atoms in total. The third-order valence-electron chi connectivity index (χ3n) is 8.06. The van der Waals surface area contributed by atoms with Crippen molar-refractivity contribution in [3.05, 3.63) is 42.1 Å². The number of pyridine rings is 1. The number of nitrogens with zero attached hydrogens (tertiary/aromatic N) is 3. The van der Waals surface area contributed by atoms with E-state index in [0.29, 0.717) is 37.2 Å². The van der Waals surface area contributed by atoms with Gasteiger partial charge >= 0.3 is 0 Å². The first-order chi connectivity index (χ1) is 18.2. The third-order valence-corrected chi connectivity index (χ3v) is 8.06. The molecule has 206 valence electrons. The van der Waals surface area contributed by atoms with E-state index in [2.05, 4.69) is 9.88 Å². The second-order valence-electron chi connectivity index (χ2n) is 10.9. The highest BCUT2D eigenvalue weighted by atomic mass is 16.5. The quantitative estimate of drug-likeness (QED) is 0.422. The maximum atomic E-state index is 12.6. The van der Waals surface area contributed by atoms with Crippen molar-refractivity contribution in [2.75, 3.05) is 44.8 Å². The van der Waals surface area contributed by atoms with E-state index in [9.17, 15) is 20.1 Å². The number of aliphatic hydroxyl groups is 3. The van der Waals surface area contributed by atoms with Crippen molar-refractivity contribution in [2.45, 2.75) is 57.0 Å². The SMILES string of the molecule is COc1ccc([C@@H]2CN(C(=O)[C@@H](O)CO)C[C@@]2(C)[C@@H](C)O)cc1OC1CN(c2ccc(OC3CC3)cn2)C1. The van der Waals surface area contributed by atoms with Crippen LogP contribution < -0.4 is 19.1 Å². The Kier molecular flexibility index (Phi) is 7.39. The molecule has 2 aromatic rings. The van der Waals surface area contributed by atoms with Gasteiger partial charge in [0.2, 0.25) is 0 Å². The Morgan fingerprint density at radius 1 is 1.11 bits per heavy atom. The molecule has 1 aromatic carbocycles. The number of anilines is 1. The van der Waals surface area contributed by atoms with Crippen LogP contribution in [0.5, 0.6) is 17.2 Å². The molecule has 0 unspecified atom stereocenters. The number of likely N-dealkylation sites (tertiary alicyclic amines) is 1. The molecule has 4 atom stereocenters. The minimum absolute atomic E-state index is 0.0483. The van der Waals surface area contributed by atoms with Crippen LogP contribution >= 0.6 is 0 Å². The number of hydrogen-bond donors (Lipinski definition) is 3. The number of hydrogen-bond acceptors (Lipinski definition) is 9. The fraction of sp³-hybridized carbons (Fsp3) is 0.571. The van der Waals surface area contributed by atoms with Gasteiger partial charge in [0, 0.05) is 24.4 Å². The molecule has 5 rings (SSSR count). The van der Waals surface area contributed by atoms with Crippen molar-refractivity contribution in [1.29, 1.82) is 0 Å². The summed E-state index contributed by atoms with van der Waals surface area (Å²) in [6.07, 6.45) is 2.10. The fourth-order valence-electron chi connectivity index (χ4n) is 5.27. The zero-order valence-corrected chi connectivity index (χ0v) is 22.1. The molecule has 1 saturated carbocycles. The second-order valence-corrected chi connectivity index (χ2v) is 10.9. The number of carbonyl (C=O) groups is 1. The first-order valence-electron chi connectivity index (χ1n) is 13.2. The van der Waals surface area contributed by atoms with Gasteiger partial charge in [-0.05, 0) is 49.6 Å². The Morgan fingerprint density at radius 3 is 2.47 bits per heavy atom. The van der Waals surface area contributed by atoms with Crippen LogP contribution in [0.15, 0.2) is 36.5 Å². The largest absolute Gasteiger partial charge is 0.493 e. The molecule has 3 aliphatic rings. The Bertz CT molecular complexity index is 1130. The Balaban J connectivity index is 1.27. The molecule has 2 saturated heterocycles. The van der Waals surface area contributed by atoms with E-state index in [4.69, 9.17) is 14.2 Å². The summed E-state index contributed by atoms with van der Waals surface area (Å²) in [5.74, 6) is 2.14. The molecule has 2 aliphatic heterocycles. The van der Waals surface area contributed by atoms with E-state index in [1.54, 1.807) is 20.2 Å². The fourth-order valence-corrected chi connectivity index (χ4v) is 5.27. The molecule has 3 fully saturated rings. The highest BCUT2D eigenvalue weighted by Crippen LogP contribution is 2.47. The molecule has 3 heterocycles. The average molecular weight is 528 g/mol. The minimum Gasteiger partial charge on any atom is -0.493 e. The lowest BCUT2D eigenvalue weighted by Gasteiger charge is -2.40. The molecule has 1 aliphatic carbocycles. The number of rotatable bonds is 10. The van der Waals surface area contributed by atoms with Crippen molar-refractivity contribution < 1.29 is 34.3 Å². The van der Waals surface area contributed by atoms with E-state index in [1.807, 2.05) is 37.3 Å². The number of methoxy groups -OCH3 is 1. The van der Waals surface area contributed by atoms with Crippen LogP contribution in [-0.4, -0.2) is 95.4 Å². The van der Waals surface area contributed by atoms with Gasteiger partial charge in [0.05, 0.1) is 45.2 Å². The summed E-state index contributed by atoms with van der Waals surface area (Å²) >= 11 is 0. The predicted octanol–water partition coefficient (Wildman–Crippen LogP) is 1.57. The van der Waals surface area contributed by atoms with Crippen LogP contribution in [0.2, 0.25) is 0 Å². The molecule has 3 N–H and O–H groups in total. The molecule has 1 amide bonds. The van der Waals surface area contributed by atoms with Gasteiger partial charge in [-0.1, -0.05) is 13.0 Å². The first-order valence-corrected chi connectivity index (χ1v) is 13.2. The summed E-state index contributed by atoms with van der Waals surface area (Å²) in [6.45, 7) is 4.95. The Morgan fingerprint density at radius 2 is 1.87 bits per heavy atom. The average Bonchev–Trinajstić information content (AvgIpc) is 3.64. The number of aromatic nitrogens is 1. The Labute approximate surface area is 222 Å². The summed E-state index contributed by atoms with van der Waals surface area (Å²) in [6, 6.07) is 9.61. The van der Waals surface area contributed by atoms with Gasteiger partial charge in [-0.25, -0.2) is 4.98 Å². The maximum Gasteiger partial charge on any atom is 0.253 e. The van der Waals surface area contributed by atoms with E-state index < -0.39 is 30.1 Å². The number of ether oxygens (including phenoxy) is 3. The lowest BCUT2D eigenvalue weighted by atomic mass is 9.72. The lowest BCUT2D eigenvalue weighted by Crippen LogP contribution is -2.54. The summed E-state index contributed by atoms with van der Waals surface area (Å²) in [4.78, 5) is 20.8.